The summed E-state index contributed by atoms with van der Waals surface area (Å²) >= 11 is 0. The number of aryl methyl sites for hydroxylation is 1. The Morgan fingerprint density at radius 1 is 1.17 bits per heavy atom. The number of carbonyl (C=O) groups excluding carboxylic acids is 1. The van der Waals surface area contributed by atoms with Crippen LogP contribution in [0.1, 0.15) is 34.6 Å². The number of carbonyl (C=O) groups is 1. The maximum Gasteiger partial charge on any atom is 0.276 e. The minimum Gasteiger partial charge on any atom is -0.357 e. The molecule has 0 unspecified atom stereocenters. The Morgan fingerprint density at radius 2 is 1.93 bits per heavy atom. The molecule has 0 bridgehead atoms. The van der Waals surface area contributed by atoms with Crippen molar-refractivity contribution in [3.8, 4) is 5.69 Å². The second kappa shape index (κ2) is 8.44. The van der Waals surface area contributed by atoms with E-state index in [1.165, 1.54) is 35.7 Å². The summed E-state index contributed by atoms with van der Waals surface area (Å²) in [7, 11) is 0. The van der Waals surface area contributed by atoms with Crippen molar-refractivity contribution in [1.82, 2.24) is 20.1 Å². The van der Waals surface area contributed by atoms with Gasteiger partial charge < -0.3 is 10.2 Å². The van der Waals surface area contributed by atoms with Crippen molar-refractivity contribution in [3.63, 3.8) is 0 Å². The zero-order chi connectivity index (χ0) is 21.1. The largest absolute Gasteiger partial charge is 0.357 e. The number of hydrogen-bond donors (Lipinski definition) is 1. The molecule has 3 aromatic rings. The Balaban J connectivity index is 1.50. The highest BCUT2D eigenvalue weighted by Gasteiger charge is 2.17. The lowest BCUT2D eigenvalue weighted by molar-refractivity contribution is 0.0943. The number of hydrogen-bond acceptors (Lipinski definition) is 5. The van der Waals surface area contributed by atoms with E-state index in [1.54, 1.807) is 25.3 Å². The number of pyridine rings is 1. The van der Waals surface area contributed by atoms with Gasteiger partial charge in [-0.2, -0.15) is 5.10 Å². The molecule has 1 amide bonds. The van der Waals surface area contributed by atoms with Gasteiger partial charge in [-0.05, 0) is 43.5 Å². The second-order valence-corrected chi connectivity index (χ2v) is 7.26. The molecule has 0 spiro atoms. The first kappa shape index (κ1) is 19.8. The molecule has 7 nitrogen and oxygen atoms in total. The molecule has 1 aliphatic rings. The van der Waals surface area contributed by atoms with Crippen molar-refractivity contribution < 1.29 is 9.18 Å². The van der Waals surface area contributed by atoms with Gasteiger partial charge in [-0.25, -0.2) is 14.1 Å². The van der Waals surface area contributed by atoms with Gasteiger partial charge >= 0.3 is 0 Å². The highest BCUT2D eigenvalue weighted by Crippen LogP contribution is 2.17. The van der Waals surface area contributed by atoms with Crippen LogP contribution >= 0.6 is 0 Å². The number of para-hydroxylation sites is 1. The van der Waals surface area contributed by atoms with Crippen molar-refractivity contribution in [2.75, 3.05) is 18.0 Å². The minimum absolute atomic E-state index is 0.172. The monoisotopic (exact) mass is 407 g/mol. The van der Waals surface area contributed by atoms with Gasteiger partial charge in [-0.3, -0.25) is 9.59 Å². The van der Waals surface area contributed by atoms with E-state index in [1.807, 2.05) is 12.1 Å². The first-order valence-electron chi connectivity index (χ1n) is 9.87. The van der Waals surface area contributed by atoms with Crippen LogP contribution in [0.4, 0.5) is 10.2 Å². The standard InChI is InChI=1S/C22H22FN5O2/c1-15-12-19(29)21(26-28(15)18-7-3-2-6-17(18)23)22(30)25-14-16-8-9-20(24-13-16)27-10-4-5-11-27/h2-3,6-9,12-13H,4-5,10-11,14H2,1H3,(H,25,30). The van der Waals surface area contributed by atoms with Crippen LogP contribution in [-0.2, 0) is 6.54 Å². The third-order valence-corrected chi connectivity index (χ3v) is 5.10. The van der Waals surface area contributed by atoms with Crippen LogP contribution in [0.15, 0.2) is 53.5 Å². The molecule has 2 aromatic heterocycles. The van der Waals surface area contributed by atoms with E-state index >= 15 is 0 Å². The molecule has 0 atom stereocenters. The molecule has 1 saturated heterocycles. The van der Waals surface area contributed by atoms with E-state index in [2.05, 4.69) is 20.3 Å². The maximum atomic E-state index is 14.2. The molecule has 4 rings (SSSR count). The predicted octanol–water partition coefficient (Wildman–Crippen LogP) is 2.61. The second-order valence-electron chi connectivity index (χ2n) is 7.26. The maximum absolute atomic E-state index is 14.2. The Labute approximate surface area is 173 Å². The molecule has 1 fully saturated rings. The van der Waals surface area contributed by atoms with Gasteiger partial charge in [0.15, 0.2) is 5.69 Å². The number of anilines is 1. The van der Waals surface area contributed by atoms with Crippen LogP contribution in [0.3, 0.4) is 0 Å². The van der Waals surface area contributed by atoms with Crippen molar-refractivity contribution in [2.45, 2.75) is 26.3 Å². The Hall–Kier alpha value is -3.55. The fraction of sp³-hybridized carbons (Fsp3) is 0.273. The normalized spacial score (nSPS) is 13.5. The number of nitrogens with zero attached hydrogens (tertiary/aromatic N) is 4. The predicted molar refractivity (Wildman–Crippen MR) is 111 cm³/mol. The van der Waals surface area contributed by atoms with E-state index in [4.69, 9.17) is 0 Å². The van der Waals surface area contributed by atoms with Crippen LogP contribution in [0.5, 0.6) is 0 Å². The lowest BCUT2D eigenvalue weighted by Crippen LogP contribution is -2.31. The molecule has 1 aromatic carbocycles. The molecular formula is C22H22FN5O2. The van der Waals surface area contributed by atoms with Crippen molar-refractivity contribution in [3.05, 3.63) is 81.7 Å². The highest BCUT2D eigenvalue weighted by atomic mass is 19.1. The average molecular weight is 407 g/mol. The molecule has 0 aliphatic carbocycles. The zero-order valence-electron chi connectivity index (χ0n) is 16.6. The lowest BCUT2D eigenvalue weighted by Gasteiger charge is -2.16. The Bertz CT molecular complexity index is 1120. The van der Waals surface area contributed by atoms with E-state index < -0.39 is 17.2 Å². The Morgan fingerprint density at radius 3 is 2.63 bits per heavy atom. The number of aromatic nitrogens is 3. The van der Waals surface area contributed by atoms with Crippen LogP contribution in [0.25, 0.3) is 5.69 Å². The van der Waals surface area contributed by atoms with Gasteiger partial charge in [0.05, 0.1) is 0 Å². The summed E-state index contributed by atoms with van der Waals surface area (Å²) in [5.41, 5.74) is 0.618. The third-order valence-electron chi connectivity index (χ3n) is 5.10. The molecule has 1 aliphatic heterocycles. The third kappa shape index (κ3) is 4.07. The zero-order valence-corrected chi connectivity index (χ0v) is 16.6. The quantitative estimate of drug-likeness (QED) is 0.703. The molecule has 3 heterocycles. The van der Waals surface area contributed by atoms with Gasteiger partial charge in [0.25, 0.3) is 5.91 Å². The van der Waals surface area contributed by atoms with Crippen LogP contribution in [0, 0.1) is 12.7 Å². The summed E-state index contributed by atoms with van der Waals surface area (Å²) in [5, 5.41) is 6.81. The van der Waals surface area contributed by atoms with Crippen LogP contribution in [0.2, 0.25) is 0 Å². The number of amides is 1. The van der Waals surface area contributed by atoms with Gasteiger partial charge in [0.1, 0.15) is 17.3 Å². The average Bonchev–Trinajstić information content (AvgIpc) is 3.28. The number of rotatable bonds is 5. The number of nitrogens with one attached hydrogen (secondary N) is 1. The topological polar surface area (TPSA) is 80.1 Å². The molecule has 1 N–H and O–H groups in total. The number of halogens is 1. The van der Waals surface area contributed by atoms with Crippen molar-refractivity contribution >= 4 is 11.7 Å². The highest BCUT2D eigenvalue weighted by molar-refractivity contribution is 5.92. The summed E-state index contributed by atoms with van der Waals surface area (Å²) in [6, 6.07) is 11.2. The summed E-state index contributed by atoms with van der Waals surface area (Å²) in [6.45, 7) is 3.86. The molecule has 0 radical (unpaired) electrons. The SMILES string of the molecule is Cc1cc(=O)c(C(=O)NCc2ccc(N3CCCC3)nc2)nn1-c1ccccc1F. The molecule has 30 heavy (non-hydrogen) atoms. The van der Waals surface area contributed by atoms with Gasteiger partial charge in [-0.1, -0.05) is 18.2 Å². The lowest BCUT2D eigenvalue weighted by atomic mass is 10.2. The van der Waals surface area contributed by atoms with Crippen LogP contribution in [-0.4, -0.2) is 33.8 Å². The fourth-order valence-corrected chi connectivity index (χ4v) is 3.49. The van der Waals surface area contributed by atoms with E-state index in [0.717, 1.165) is 24.5 Å². The number of benzene rings is 1. The van der Waals surface area contributed by atoms with Crippen molar-refractivity contribution in [1.29, 1.82) is 0 Å². The van der Waals surface area contributed by atoms with E-state index in [9.17, 15) is 14.0 Å². The molecule has 8 heteroatoms. The van der Waals surface area contributed by atoms with Gasteiger partial charge in [-0.15, -0.1) is 0 Å². The van der Waals surface area contributed by atoms with Gasteiger partial charge in [0, 0.05) is 37.6 Å². The summed E-state index contributed by atoms with van der Waals surface area (Å²) in [5.74, 6) is -0.184. The van der Waals surface area contributed by atoms with Crippen molar-refractivity contribution in [2.24, 2.45) is 0 Å². The fourth-order valence-electron chi connectivity index (χ4n) is 3.49. The molecule has 0 saturated carbocycles. The van der Waals surface area contributed by atoms with E-state index in [-0.39, 0.29) is 17.9 Å². The summed E-state index contributed by atoms with van der Waals surface area (Å²) in [4.78, 5) is 31.6. The smallest absolute Gasteiger partial charge is 0.276 e. The van der Waals surface area contributed by atoms with Gasteiger partial charge in [0.2, 0.25) is 5.43 Å². The first-order chi connectivity index (χ1) is 14.5. The first-order valence-corrected chi connectivity index (χ1v) is 9.87. The molecule has 154 valence electrons. The Kier molecular flexibility index (Phi) is 5.56. The van der Waals surface area contributed by atoms with E-state index in [0.29, 0.717) is 5.69 Å². The van der Waals surface area contributed by atoms with Crippen LogP contribution < -0.4 is 15.6 Å². The minimum atomic E-state index is -0.617. The summed E-state index contributed by atoms with van der Waals surface area (Å²) < 4.78 is 15.4. The molecular weight excluding hydrogens is 385 g/mol. The summed E-state index contributed by atoms with van der Waals surface area (Å²) in [6.07, 6.45) is 4.06.